The maximum absolute atomic E-state index is 11.6. The Morgan fingerprint density at radius 2 is 2.06 bits per heavy atom. The highest BCUT2D eigenvalue weighted by Crippen LogP contribution is 2.20. The molecule has 0 aliphatic carbocycles. The molecule has 6 heteroatoms. The average molecular weight is 242 g/mol. The molecule has 0 unspecified atom stereocenters. The molecular weight excluding hydrogens is 228 g/mol. The highest BCUT2D eigenvalue weighted by Gasteiger charge is 2.17. The smallest absolute Gasteiger partial charge is 0.325 e. The van der Waals surface area contributed by atoms with Crippen LogP contribution < -0.4 is 5.32 Å². The fraction of sp³-hybridized carbons (Fsp3) is 0.500. The van der Waals surface area contributed by atoms with Crippen LogP contribution in [0.4, 0.5) is 0 Å². The predicted molar refractivity (Wildman–Crippen MR) is 60.8 cm³/mol. The maximum atomic E-state index is 11.6. The average Bonchev–Trinajstić information content (AvgIpc) is 2.65. The summed E-state index contributed by atoms with van der Waals surface area (Å²) < 4.78 is 0. The molecule has 2 N–H and O–H groups in total. The lowest BCUT2D eigenvalue weighted by Crippen LogP contribution is -2.37. The van der Waals surface area contributed by atoms with E-state index in [1.165, 1.54) is 24.5 Å². The number of rotatable bonds is 4. The zero-order valence-electron chi connectivity index (χ0n) is 9.35. The van der Waals surface area contributed by atoms with E-state index in [9.17, 15) is 9.59 Å². The van der Waals surface area contributed by atoms with E-state index >= 15 is 0 Å². The van der Waals surface area contributed by atoms with Crippen molar-refractivity contribution in [1.82, 2.24) is 10.3 Å². The van der Waals surface area contributed by atoms with E-state index in [0.717, 1.165) is 5.01 Å². The Balaban J connectivity index is 2.70. The van der Waals surface area contributed by atoms with Crippen LogP contribution in [0.2, 0.25) is 0 Å². The van der Waals surface area contributed by atoms with Crippen LogP contribution in [-0.2, 0) is 4.79 Å². The molecule has 0 bridgehead atoms. The standard InChI is InChI=1S/C10H14N2O3S/c1-5(2)9-11-4-7(16-9)8(13)12-6(3)10(14)15/h4-6H,1-3H3,(H,12,13)(H,14,15)/t6-/m1/s1. The Kier molecular flexibility index (Phi) is 4.00. The van der Waals surface area contributed by atoms with Crippen LogP contribution in [0.25, 0.3) is 0 Å². The van der Waals surface area contributed by atoms with Gasteiger partial charge in [-0.15, -0.1) is 11.3 Å². The molecule has 0 aliphatic rings. The number of hydrogen-bond acceptors (Lipinski definition) is 4. The van der Waals surface area contributed by atoms with Crippen molar-refractivity contribution in [1.29, 1.82) is 0 Å². The Morgan fingerprint density at radius 1 is 1.44 bits per heavy atom. The Bertz CT molecular complexity index is 401. The number of hydrogen-bond donors (Lipinski definition) is 2. The minimum Gasteiger partial charge on any atom is -0.480 e. The topological polar surface area (TPSA) is 79.3 Å². The van der Waals surface area contributed by atoms with Crippen LogP contribution in [0.3, 0.4) is 0 Å². The first-order valence-corrected chi connectivity index (χ1v) is 5.73. The molecule has 1 aromatic heterocycles. The van der Waals surface area contributed by atoms with Gasteiger partial charge in [-0.1, -0.05) is 13.8 Å². The Morgan fingerprint density at radius 3 is 2.50 bits per heavy atom. The second-order valence-corrected chi connectivity index (χ2v) is 4.81. The fourth-order valence-corrected chi connectivity index (χ4v) is 1.81. The Labute approximate surface area is 97.5 Å². The number of carboxylic acids is 1. The van der Waals surface area contributed by atoms with Crippen LogP contribution in [0, 0.1) is 0 Å². The second kappa shape index (κ2) is 5.07. The number of nitrogens with one attached hydrogen (secondary N) is 1. The third kappa shape index (κ3) is 3.03. The van der Waals surface area contributed by atoms with E-state index in [1.807, 2.05) is 13.8 Å². The van der Waals surface area contributed by atoms with Gasteiger partial charge in [0.25, 0.3) is 5.91 Å². The molecule has 1 atom stereocenters. The van der Waals surface area contributed by atoms with Crippen LogP contribution in [-0.4, -0.2) is 28.0 Å². The van der Waals surface area contributed by atoms with E-state index < -0.39 is 12.0 Å². The molecule has 88 valence electrons. The molecule has 0 radical (unpaired) electrons. The summed E-state index contributed by atoms with van der Waals surface area (Å²) in [5.74, 6) is -1.18. The summed E-state index contributed by atoms with van der Waals surface area (Å²) in [6.07, 6.45) is 1.48. The minimum atomic E-state index is -1.05. The predicted octanol–water partition coefficient (Wildman–Crippen LogP) is 1.47. The quantitative estimate of drug-likeness (QED) is 0.838. The van der Waals surface area contributed by atoms with Gasteiger partial charge >= 0.3 is 5.97 Å². The van der Waals surface area contributed by atoms with E-state index in [1.54, 1.807) is 0 Å². The first kappa shape index (κ1) is 12.6. The molecule has 0 saturated carbocycles. The van der Waals surface area contributed by atoms with Crippen LogP contribution in [0.15, 0.2) is 6.20 Å². The second-order valence-electron chi connectivity index (χ2n) is 3.75. The van der Waals surface area contributed by atoms with E-state index in [0.29, 0.717) is 4.88 Å². The Hall–Kier alpha value is -1.43. The van der Waals surface area contributed by atoms with Gasteiger partial charge in [-0.3, -0.25) is 9.59 Å². The maximum Gasteiger partial charge on any atom is 0.325 e. The summed E-state index contributed by atoms with van der Waals surface area (Å²) in [7, 11) is 0. The van der Waals surface area contributed by atoms with Gasteiger partial charge in [-0.25, -0.2) is 4.98 Å². The fourth-order valence-electron chi connectivity index (χ4n) is 0.989. The molecule has 1 heterocycles. The van der Waals surface area contributed by atoms with Crippen molar-refractivity contribution in [3.8, 4) is 0 Å². The van der Waals surface area contributed by atoms with Crippen molar-refractivity contribution in [2.24, 2.45) is 0 Å². The number of carboxylic acid groups (broad SMARTS) is 1. The highest BCUT2D eigenvalue weighted by molar-refractivity contribution is 7.13. The summed E-state index contributed by atoms with van der Waals surface area (Å²) in [5, 5.41) is 11.9. The van der Waals surface area contributed by atoms with Gasteiger partial charge < -0.3 is 10.4 Å². The molecule has 16 heavy (non-hydrogen) atoms. The normalized spacial score (nSPS) is 12.5. The summed E-state index contributed by atoms with van der Waals surface area (Å²) in [6.45, 7) is 5.39. The molecule has 0 aromatic carbocycles. The molecular formula is C10H14N2O3S. The number of aliphatic carboxylic acids is 1. The summed E-state index contributed by atoms with van der Waals surface area (Å²) in [5.41, 5.74) is 0. The van der Waals surface area contributed by atoms with E-state index in [-0.39, 0.29) is 11.8 Å². The first-order chi connectivity index (χ1) is 7.41. The van der Waals surface area contributed by atoms with Crippen LogP contribution in [0.1, 0.15) is 41.4 Å². The lowest BCUT2D eigenvalue weighted by atomic mass is 10.2. The van der Waals surface area contributed by atoms with Gasteiger partial charge in [-0.2, -0.15) is 0 Å². The van der Waals surface area contributed by atoms with E-state index in [2.05, 4.69) is 10.3 Å². The molecule has 1 aromatic rings. The first-order valence-electron chi connectivity index (χ1n) is 4.91. The van der Waals surface area contributed by atoms with Gasteiger partial charge in [0.1, 0.15) is 10.9 Å². The SMILES string of the molecule is CC(C)c1ncc(C(=O)N[C@H](C)C(=O)O)s1. The molecule has 1 amide bonds. The van der Waals surface area contributed by atoms with Crippen LogP contribution >= 0.6 is 11.3 Å². The monoisotopic (exact) mass is 242 g/mol. The van der Waals surface area contributed by atoms with Crippen molar-refractivity contribution in [2.75, 3.05) is 0 Å². The van der Waals surface area contributed by atoms with Gasteiger partial charge in [0.15, 0.2) is 0 Å². The summed E-state index contributed by atoms with van der Waals surface area (Å²) in [4.78, 5) is 26.7. The number of aromatic nitrogens is 1. The van der Waals surface area contributed by atoms with Crippen LogP contribution in [0.5, 0.6) is 0 Å². The zero-order chi connectivity index (χ0) is 12.3. The summed E-state index contributed by atoms with van der Waals surface area (Å²) >= 11 is 1.29. The molecule has 0 aliphatic heterocycles. The lowest BCUT2D eigenvalue weighted by molar-refractivity contribution is -0.138. The van der Waals surface area contributed by atoms with Crippen molar-refractivity contribution in [3.63, 3.8) is 0 Å². The van der Waals surface area contributed by atoms with Gasteiger partial charge in [0.05, 0.1) is 11.2 Å². The molecule has 5 nitrogen and oxygen atoms in total. The van der Waals surface area contributed by atoms with Crippen molar-refractivity contribution in [2.45, 2.75) is 32.7 Å². The largest absolute Gasteiger partial charge is 0.480 e. The highest BCUT2D eigenvalue weighted by atomic mass is 32.1. The van der Waals surface area contributed by atoms with Crippen molar-refractivity contribution < 1.29 is 14.7 Å². The van der Waals surface area contributed by atoms with E-state index in [4.69, 9.17) is 5.11 Å². The third-order valence-electron chi connectivity index (χ3n) is 1.96. The summed E-state index contributed by atoms with van der Waals surface area (Å²) in [6, 6.07) is -0.892. The zero-order valence-corrected chi connectivity index (χ0v) is 10.2. The number of thiazole rings is 1. The molecule has 1 rings (SSSR count). The molecule has 0 spiro atoms. The third-order valence-corrected chi connectivity index (χ3v) is 3.26. The lowest BCUT2D eigenvalue weighted by Gasteiger charge is -2.06. The number of carbonyl (C=O) groups is 2. The molecule has 0 fully saturated rings. The van der Waals surface area contributed by atoms with Crippen molar-refractivity contribution >= 4 is 23.2 Å². The number of carbonyl (C=O) groups excluding carboxylic acids is 1. The molecule has 0 saturated heterocycles. The number of nitrogens with zero attached hydrogens (tertiary/aromatic N) is 1. The van der Waals surface area contributed by atoms with Crippen molar-refractivity contribution in [3.05, 3.63) is 16.1 Å². The van der Waals surface area contributed by atoms with Gasteiger partial charge in [-0.05, 0) is 6.92 Å². The minimum absolute atomic E-state index is 0.267. The van der Waals surface area contributed by atoms with Gasteiger partial charge in [0.2, 0.25) is 0 Å². The number of amides is 1. The van der Waals surface area contributed by atoms with Gasteiger partial charge in [0, 0.05) is 5.92 Å².